The average molecular weight is 251 g/mol. The fraction of sp³-hybridized carbons (Fsp3) is 0.600. The van der Waals surface area contributed by atoms with Gasteiger partial charge in [0, 0.05) is 12.1 Å². The van der Waals surface area contributed by atoms with Gasteiger partial charge >= 0.3 is 0 Å². The van der Waals surface area contributed by atoms with Crippen LogP contribution in [0, 0.1) is 0 Å². The Morgan fingerprint density at radius 2 is 1.89 bits per heavy atom. The Hall–Kier alpha value is -1.22. The summed E-state index contributed by atoms with van der Waals surface area (Å²) in [4.78, 5) is 0. The van der Waals surface area contributed by atoms with Gasteiger partial charge in [-0.05, 0) is 52.3 Å². The fourth-order valence-electron chi connectivity index (χ4n) is 1.71. The molecule has 1 unspecified atom stereocenters. The first-order valence-electron chi connectivity index (χ1n) is 6.79. The molecule has 1 N–H and O–H groups in total. The van der Waals surface area contributed by atoms with E-state index in [1.54, 1.807) is 0 Å². The second kappa shape index (κ2) is 8.81. The van der Waals surface area contributed by atoms with E-state index in [0.29, 0.717) is 12.6 Å². The topological polar surface area (TPSA) is 30.5 Å². The van der Waals surface area contributed by atoms with Gasteiger partial charge in [-0.25, -0.2) is 0 Å². The first-order chi connectivity index (χ1) is 8.76. The highest BCUT2D eigenvalue weighted by Crippen LogP contribution is 2.19. The van der Waals surface area contributed by atoms with Gasteiger partial charge < -0.3 is 14.8 Å². The number of rotatable bonds is 9. The Bertz CT molecular complexity index is 328. The average Bonchev–Trinajstić information content (AvgIpc) is 2.39. The van der Waals surface area contributed by atoms with Crippen molar-refractivity contribution in [2.45, 2.75) is 39.2 Å². The summed E-state index contributed by atoms with van der Waals surface area (Å²) in [6.45, 7) is 5.64. The number of nitrogens with one attached hydrogen (secondary N) is 1. The maximum Gasteiger partial charge on any atom is 0.122 e. The van der Waals surface area contributed by atoms with Gasteiger partial charge in [0.2, 0.25) is 0 Å². The zero-order chi connectivity index (χ0) is 13.2. The molecular weight excluding hydrogens is 226 g/mol. The first-order valence-corrected chi connectivity index (χ1v) is 6.79. The molecule has 0 fully saturated rings. The Morgan fingerprint density at radius 3 is 2.56 bits per heavy atom. The second-order valence-corrected chi connectivity index (χ2v) is 4.44. The van der Waals surface area contributed by atoms with Crippen LogP contribution in [0.3, 0.4) is 0 Å². The van der Waals surface area contributed by atoms with Crippen LogP contribution in [0.15, 0.2) is 24.3 Å². The highest BCUT2D eigenvalue weighted by Gasteiger charge is 1.99. The summed E-state index contributed by atoms with van der Waals surface area (Å²) in [5.74, 6) is 1.77. The minimum Gasteiger partial charge on any atom is -0.494 e. The molecule has 102 valence electrons. The van der Waals surface area contributed by atoms with Crippen molar-refractivity contribution in [2.75, 3.05) is 20.3 Å². The molecule has 0 aliphatic carbocycles. The van der Waals surface area contributed by atoms with E-state index in [-0.39, 0.29) is 0 Å². The Morgan fingerprint density at radius 1 is 1.17 bits per heavy atom. The molecule has 0 saturated heterocycles. The molecule has 1 aromatic carbocycles. The Labute approximate surface area is 110 Å². The van der Waals surface area contributed by atoms with Crippen LogP contribution in [0.1, 0.15) is 33.1 Å². The Balaban J connectivity index is 2.20. The third-order valence-corrected chi connectivity index (χ3v) is 2.91. The molecule has 1 rings (SSSR count). The summed E-state index contributed by atoms with van der Waals surface area (Å²) in [6, 6.07) is 8.42. The van der Waals surface area contributed by atoms with E-state index in [2.05, 4.69) is 12.2 Å². The van der Waals surface area contributed by atoms with Crippen LogP contribution in [0.4, 0.5) is 0 Å². The minimum absolute atomic E-state index is 0.589. The smallest absolute Gasteiger partial charge is 0.122 e. The molecule has 3 heteroatoms. The zero-order valence-electron chi connectivity index (χ0n) is 11.7. The monoisotopic (exact) mass is 251 g/mol. The molecule has 0 aliphatic rings. The van der Waals surface area contributed by atoms with E-state index in [9.17, 15) is 0 Å². The van der Waals surface area contributed by atoms with E-state index < -0.39 is 0 Å². The molecule has 18 heavy (non-hydrogen) atoms. The SMILES string of the molecule is CCOc1cccc(OCCCCC(C)NC)c1. The van der Waals surface area contributed by atoms with Crippen LogP contribution in [0.5, 0.6) is 11.5 Å². The van der Waals surface area contributed by atoms with Crippen molar-refractivity contribution in [2.24, 2.45) is 0 Å². The number of benzene rings is 1. The molecule has 0 bridgehead atoms. The van der Waals surface area contributed by atoms with Crippen molar-refractivity contribution >= 4 is 0 Å². The highest BCUT2D eigenvalue weighted by atomic mass is 16.5. The van der Waals surface area contributed by atoms with Gasteiger partial charge in [0.05, 0.1) is 13.2 Å². The predicted molar refractivity (Wildman–Crippen MR) is 75.5 cm³/mol. The van der Waals surface area contributed by atoms with Crippen LogP contribution in [0.2, 0.25) is 0 Å². The van der Waals surface area contributed by atoms with Crippen LogP contribution < -0.4 is 14.8 Å². The maximum atomic E-state index is 5.71. The van der Waals surface area contributed by atoms with Gasteiger partial charge in [0.15, 0.2) is 0 Å². The van der Waals surface area contributed by atoms with Gasteiger partial charge in [-0.2, -0.15) is 0 Å². The minimum atomic E-state index is 0.589. The van der Waals surface area contributed by atoms with Gasteiger partial charge in [-0.3, -0.25) is 0 Å². The summed E-state index contributed by atoms with van der Waals surface area (Å²) in [7, 11) is 2.00. The lowest BCUT2D eigenvalue weighted by Gasteiger charge is -2.10. The summed E-state index contributed by atoms with van der Waals surface area (Å²) in [6.07, 6.45) is 3.47. The largest absolute Gasteiger partial charge is 0.494 e. The predicted octanol–water partition coefficient (Wildman–Crippen LogP) is 3.24. The molecule has 0 amide bonds. The van der Waals surface area contributed by atoms with Crippen molar-refractivity contribution < 1.29 is 9.47 Å². The number of unbranched alkanes of at least 4 members (excludes halogenated alkanes) is 1. The van der Waals surface area contributed by atoms with Crippen molar-refractivity contribution in [1.82, 2.24) is 5.32 Å². The standard InChI is InChI=1S/C15H25NO2/c1-4-17-14-9-7-10-15(12-14)18-11-6-5-8-13(2)16-3/h7,9-10,12-13,16H,4-6,8,11H2,1-3H3. The molecule has 0 spiro atoms. The summed E-state index contributed by atoms with van der Waals surface area (Å²) < 4.78 is 11.1. The van der Waals surface area contributed by atoms with E-state index in [0.717, 1.165) is 24.5 Å². The Kier molecular flexibility index (Phi) is 7.26. The number of hydrogen-bond acceptors (Lipinski definition) is 3. The van der Waals surface area contributed by atoms with Gasteiger partial charge in [-0.1, -0.05) is 6.07 Å². The van der Waals surface area contributed by atoms with Crippen molar-refractivity contribution in [3.05, 3.63) is 24.3 Å². The molecule has 0 heterocycles. The molecule has 0 radical (unpaired) electrons. The zero-order valence-corrected chi connectivity index (χ0v) is 11.7. The van der Waals surface area contributed by atoms with E-state index in [4.69, 9.17) is 9.47 Å². The second-order valence-electron chi connectivity index (χ2n) is 4.44. The van der Waals surface area contributed by atoms with Crippen LogP contribution >= 0.6 is 0 Å². The molecule has 3 nitrogen and oxygen atoms in total. The lowest BCUT2D eigenvalue weighted by molar-refractivity contribution is 0.297. The highest BCUT2D eigenvalue weighted by molar-refractivity contribution is 5.32. The van der Waals surface area contributed by atoms with Crippen LogP contribution in [0.25, 0.3) is 0 Å². The third kappa shape index (κ3) is 5.92. The van der Waals surface area contributed by atoms with Crippen LogP contribution in [-0.2, 0) is 0 Å². The van der Waals surface area contributed by atoms with Crippen molar-refractivity contribution in [3.63, 3.8) is 0 Å². The fourth-order valence-corrected chi connectivity index (χ4v) is 1.71. The van der Waals surface area contributed by atoms with E-state index in [1.807, 2.05) is 38.2 Å². The van der Waals surface area contributed by atoms with Crippen molar-refractivity contribution in [3.8, 4) is 11.5 Å². The lowest BCUT2D eigenvalue weighted by atomic mass is 10.1. The van der Waals surface area contributed by atoms with Gasteiger partial charge in [-0.15, -0.1) is 0 Å². The maximum absolute atomic E-state index is 5.71. The van der Waals surface area contributed by atoms with Gasteiger partial charge in [0.25, 0.3) is 0 Å². The van der Waals surface area contributed by atoms with E-state index in [1.165, 1.54) is 12.8 Å². The lowest BCUT2D eigenvalue weighted by Crippen LogP contribution is -2.20. The molecule has 0 aromatic heterocycles. The van der Waals surface area contributed by atoms with Crippen LogP contribution in [-0.4, -0.2) is 26.3 Å². The molecule has 1 atom stereocenters. The molecule has 1 aromatic rings. The molecular formula is C15H25NO2. The summed E-state index contributed by atoms with van der Waals surface area (Å²) in [5.41, 5.74) is 0. The molecule has 0 saturated carbocycles. The van der Waals surface area contributed by atoms with Gasteiger partial charge in [0.1, 0.15) is 11.5 Å². The first kappa shape index (κ1) is 14.8. The summed E-state index contributed by atoms with van der Waals surface area (Å²) in [5, 5.41) is 3.24. The summed E-state index contributed by atoms with van der Waals surface area (Å²) >= 11 is 0. The van der Waals surface area contributed by atoms with Crippen molar-refractivity contribution in [1.29, 1.82) is 0 Å². The third-order valence-electron chi connectivity index (χ3n) is 2.91. The number of ether oxygens (including phenoxy) is 2. The van der Waals surface area contributed by atoms with E-state index >= 15 is 0 Å². The quantitative estimate of drug-likeness (QED) is 0.683. The number of hydrogen-bond donors (Lipinski definition) is 1. The normalized spacial score (nSPS) is 12.2. The molecule has 0 aliphatic heterocycles.